The first kappa shape index (κ1) is 16.9. The number of aryl methyl sites for hydroxylation is 2. The zero-order valence-corrected chi connectivity index (χ0v) is 15.9. The van der Waals surface area contributed by atoms with Gasteiger partial charge < -0.3 is 10.2 Å². The summed E-state index contributed by atoms with van der Waals surface area (Å²) in [6.45, 7) is 7.57. The maximum Gasteiger partial charge on any atom is 0.196 e. The minimum atomic E-state index is -0.240. The number of aromatic nitrogens is 2. The Morgan fingerprint density at radius 1 is 1.15 bits per heavy atom. The van der Waals surface area contributed by atoms with E-state index in [9.17, 15) is 4.79 Å². The minimum Gasteiger partial charge on any atom is -0.454 e. The standard InChI is InChI=1S/C20H19N3O2S/c1-9-7-13(11(3)21)19-14(8-9)17(24)10(2)18(25-19)15-5-6-16-20(23-15)26-12(4)22-16/h5-8,11H,21H2,1-4H3/t11-/m1/s1. The van der Waals surface area contributed by atoms with E-state index in [0.29, 0.717) is 28.0 Å². The molecule has 0 amide bonds. The van der Waals surface area contributed by atoms with Gasteiger partial charge in [0.15, 0.2) is 11.2 Å². The number of hydrogen-bond acceptors (Lipinski definition) is 6. The highest BCUT2D eigenvalue weighted by Crippen LogP contribution is 2.31. The van der Waals surface area contributed by atoms with Crippen molar-refractivity contribution in [1.29, 1.82) is 0 Å². The number of nitrogens with zero attached hydrogens (tertiary/aromatic N) is 2. The van der Waals surface area contributed by atoms with Crippen molar-refractivity contribution in [2.24, 2.45) is 5.73 Å². The van der Waals surface area contributed by atoms with Crippen molar-refractivity contribution < 1.29 is 4.42 Å². The Kier molecular flexibility index (Phi) is 3.89. The Morgan fingerprint density at radius 3 is 2.65 bits per heavy atom. The smallest absolute Gasteiger partial charge is 0.196 e. The largest absolute Gasteiger partial charge is 0.454 e. The van der Waals surface area contributed by atoms with Crippen LogP contribution < -0.4 is 11.2 Å². The Hall–Kier alpha value is -2.57. The van der Waals surface area contributed by atoms with Crippen LogP contribution in [0.4, 0.5) is 0 Å². The highest BCUT2D eigenvalue weighted by Gasteiger charge is 2.18. The predicted octanol–water partition coefficient (Wildman–Crippen LogP) is 4.41. The van der Waals surface area contributed by atoms with Crippen LogP contribution in [0.15, 0.2) is 33.5 Å². The molecule has 132 valence electrons. The van der Waals surface area contributed by atoms with Gasteiger partial charge in [-0.15, -0.1) is 0 Å². The molecule has 6 heteroatoms. The summed E-state index contributed by atoms with van der Waals surface area (Å²) in [5, 5.41) is 1.52. The molecular weight excluding hydrogens is 346 g/mol. The number of benzene rings is 1. The zero-order chi connectivity index (χ0) is 18.6. The molecule has 3 heterocycles. The molecule has 2 N–H and O–H groups in total. The Balaban J connectivity index is 2.05. The molecular formula is C20H19N3O2S. The van der Waals surface area contributed by atoms with E-state index in [0.717, 1.165) is 26.5 Å². The molecule has 0 aliphatic heterocycles. The van der Waals surface area contributed by atoms with E-state index in [-0.39, 0.29) is 11.5 Å². The molecule has 0 bridgehead atoms. The second-order valence-electron chi connectivity index (χ2n) is 6.66. The van der Waals surface area contributed by atoms with E-state index >= 15 is 0 Å². The lowest BCUT2D eigenvalue weighted by molar-refractivity contribution is 0.601. The number of hydrogen-bond donors (Lipinski definition) is 1. The fourth-order valence-corrected chi connectivity index (χ4v) is 3.99. The molecule has 0 spiro atoms. The van der Waals surface area contributed by atoms with Gasteiger partial charge in [0.2, 0.25) is 0 Å². The minimum absolute atomic E-state index is 0.0470. The van der Waals surface area contributed by atoms with E-state index in [1.54, 1.807) is 6.92 Å². The average Bonchev–Trinajstić information content (AvgIpc) is 2.96. The second-order valence-corrected chi connectivity index (χ2v) is 7.84. The van der Waals surface area contributed by atoms with Gasteiger partial charge in [-0.1, -0.05) is 17.4 Å². The summed E-state index contributed by atoms with van der Waals surface area (Å²) >= 11 is 1.52. The highest BCUT2D eigenvalue weighted by atomic mass is 32.1. The van der Waals surface area contributed by atoms with Gasteiger partial charge in [-0.05, 0) is 51.5 Å². The molecule has 4 aromatic rings. The summed E-state index contributed by atoms with van der Waals surface area (Å²) in [5.74, 6) is 0.487. The van der Waals surface area contributed by atoms with E-state index in [1.165, 1.54) is 11.3 Å². The van der Waals surface area contributed by atoms with Crippen molar-refractivity contribution >= 4 is 32.7 Å². The third kappa shape index (κ3) is 2.62. The first-order valence-electron chi connectivity index (χ1n) is 8.43. The highest BCUT2D eigenvalue weighted by molar-refractivity contribution is 7.18. The van der Waals surface area contributed by atoms with Crippen molar-refractivity contribution in [2.45, 2.75) is 33.7 Å². The number of nitrogens with two attached hydrogens (primary N) is 1. The monoisotopic (exact) mass is 365 g/mol. The molecule has 1 atom stereocenters. The Labute approximate surface area is 154 Å². The van der Waals surface area contributed by atoms with Gasteiger partial charge in [-0.2, -0.15) is 0 Å². The van der Waals surface area contributed by atoms with Gasteiger partial charge in [-0.25, -0.2) is 9.97 Å². The van der Waals surface area contributed by atoms with Gasteiger partial charge >= 0.3 is 0 Å². The van der Waals surface area contributed by atoms with Crippen LogP contribution >= 0.6 is 11.3 Å². The molecule has 0 saturated heterocycles. The van der Waals surface area contributed by atoms with Crippen molar-refractivity contribution in [3.05, 3.63) is 56.2 Å². The van der Waals surface area contributed by atoms with Gasteiger partial charge in [0.05, 0.1) is 10.4 Å². The molecule has 0 unspecified atom stereocenters. The lowest BCUT2D eigenvalue weighted by Gasteiger charge is -2.13. The Morgan fingerprint density at radius 2 is 1.92 bits per heavy atom. The molecule has 26 heavy (non-hydrogen) atoms. The van der Waals surface area contributed by atoms with Crippen LogP contribution in [0.25, 0.3) is 32.8 Å². The van der Waals surface area contributed by atoms with E-state index in [4.69, 9.17) is 10.2 Å². The third-order valence-corrected chi connectivity index (χ3v) is 5.36. The number of fused-ring (bicyclic) bond motifs is 2. The maximum atomic E-state index is 13.0. The van der Waals surface area contributed by atoms with Crippen LogP contribution in [0.1, 0.15) is 34.7 Å². The summed E-state index contributed by atoms with van der Waals surface area (Å²) in [6.07, 6.45) is 0. The van der Waals surface area contributed by atoms with Crippen LogP contribution in [0, 0.1) is 20.8 Å². The number of pyridine rings is 1. The van der Waals surface area contributed by atoms with Crippen molar-refractivity contribution in [3.63, 3.8) is 0 Å². The average molecular weight is 365 g/mol. The fourth-order valence-electron chi connectivity index (χ4n) is 3.20. The quantitative estimate of drug-likeness (QED) is 0.569. The Bertz CT molecular complexity index is 1220. The number of rotatable bonds is 2. The van der Waals surface area contributed by atoms with Gasteiger partial charge in [0.1, 0.15) is 21.6 Å². The predicted molar refractivity (Wildman–Crippen MR) is 106 cm³/mol. The van der Waals surface area contributed by atoms with E-state index < -0.39 is 0 Å². The van der Waals surface area contributed by atoms with Crippen LogP contribution in [-0.2, 0) is 0 Å². The normalized spacial score (nSPS) is 12.8. The first-order valence-corrected chi connectivity index (χ1v) is 9.25. The van der Waals surface area contributed by atoms with Crippen LogP contribution in [0.3, 0.4) is 0 Å². The SMILES string of the molecule is Cc1cc([C@@H](C)N)c2oc(-c3ccc4nc(C)sc4n3)c(C)c(=O)c2c1. The van der Waals surface area contributed by atoms with Crippen molar-refractivity contribution in [3.8, 4) is 11.5 Å². The molecule has 4 rings (SSSR count). The molecule has 5 nitrogen and oxygen atoms in total. The van der Waals surface area contributed by atoms with E-state index in [2.05, 4.69) is 9.97 Å². The van der Waals surface area contributed by atoms with Crippen LogP contribution in [0.2, 0.25) is 0 Å². The molecule has 3 aromatic heterocycles. The van der Waals surface area contributed by atoms with Gasteiger partial charge in [-0.3, -0.25) is 4.79 Å². The molecule has 1 aromatic carbocycles. The summed E-state index contributed by atoms with van der Waals surface area (Å²) in [5.41, 5.74) is 10.5. The number of thiazole rings is 1. The van der Waals surface area contributed by atoms with Crippen LogP contribution in [0.5, 0.6) is 0 Å². The van der Waals surface area contributed by atoms with Crippen molar-refractivity contribution in [1.82, 2.24) is 9.97 Å². The van der Waals surface area contributed by atoms with Crippen molar-refractivity contribution in [2.75, 3.05) is 0 Å². The molecule has 0 fully saturated rings. The molecule has 0 aliphatic rings. The lowest BCUT2D eigenvalue weighted by atomic mass is 10.00. The van der Waals surface area contributed by atoms with E-state index in [1.807, 2.05) is 45.0 Å². The third-order valence-electron chi connectivity index (χ3n) is 4.48. The fraction of sp³-hybridized carbons (Fsp3) is 0.250. The summed E-state index contributed by atoms with van der Waals surface area (Å²) in [6, 6.07) is 7.34. The zero-order valence-electron chi connectivity index (χ0n) is 15.1. The summed E-state index contributed by atoms with van der Waals surface area (Å²) in [7, 11) is 0. The summed E-state index contributed by atoms with van der Waals surface area (Å²) in [4.78, 5) is 22.9. The van der Waals surface area contributed by atoms with Crippen LogP contribution in [-0.4, -0.2) is 9.97 Å². The molecule has 0 radical (unpaired) electrons. The van der Waals surface area contributed by atoms with Gasteiger partial charge in [0, 0.05) is 17.2 Å². The molecule has 0 aliphatic carbocycles. The summed E-state index contributed by atoms with van der Waals surface area (Å²) < 4.78 is 6.20. The topological polar surface area (TPSA) is 82.0 Å². The van der Waals surface area contributed by atoms with Gasteiger partial charge in [0.25, 0.3) is 0 Å². The lowest BCUT2D eigenvalue weighted by Crippen LogP contribution is -2.12. The first-order chi connectivity index (χ1) is 12.3. The second kappa shape index (κ2) is 6.00. The maximum absolute atomic E-state index is 13.0. The molecule has 0 saturated carbocycles.